The van der Waals surface area contributed by atoms with Crippen molar-refractivity contribution in [1.29, 1.82) is 0 Å². The molecule has 1 unspecified atom stereocenters. The first-order valence-corrected chi connectivity index (χ1v) is 10.3. The Balaban J connectivity index is 1.59. The maximum absolute atomic E-state index is 14.6. The number of aryl methyl sites for hydroxylation is 1. The fraction of sp³-hybridized carbons (Fsp3) is 0.208. The summed E-state index contributed by atoms with van der Waals surface area (Å²) < 4.78 is 14.6. The molecule has 2 N–H and O–H groups in total. The Kier molecular flexibility index (Phi) is 6.02. The van der Waals surface area contributed by atoms with Crippen molar-refractivity contribution in [2.45, 2.75) is 19.8 Å². The molecule has 1 aromatic carbocycles. The van der Waals surface area contributed by atoms with Crippen LogP contribution in [0.15, 0.2) is 55.1 Å². The van der Waals surface area contributed by atoms with Crippen molar-refractivity contribution in [3.05, 3.63) is 77.8 Å². The Morgan fingerprint density at radius 1 is 1.06 bits per heavy atom. The van der Waals surface area contributed by atoms with Gasteiger partial charge in [0.25, 0.3) is 5.91 Å². The first kappa shape index (κ1) is 21.3. The number of nitrogens with one attached hydrogen (secondary N) is 2. The van der Waals surface area contributed by atoms with E-state index >= 15 is 0 Å². The molecule has 0 aliphatic rings. The highest BCUT2D eigenvalue weighted by molar-refractivity contribution is 6.06. The van der Waals surface area contributed by atoms with Crippen molar-refractivity contribution in [2.75, 3.05) is 18.9 Å². The quantitative estimate of drug-likeness (QED) is 0.478. The standard InChI is InChI=1S/C24H23FN6O/c1-14(12-29-21-11-20(30-13-31-21)16-6-8-27-15(2)10-16)17-4-5-19(25)22-18(24(32)26-3)7-9-28-23(17)22/h4-11,13-14H,12H2,1-3H3,(H,26,32)(H,29,30,31). The van der Waals surface area contributed by atoms with Crippen LogP contribution in [0.1, 0.15) is 34.5 Å². The highest BCUT2D eigenvalue weighted by Gasteiger charge is 2.18. The highest BCUT2D eigenvalue weighted by Crippen LogP contribution is 2.29. The lowest BCUT2D eigenvalue weighted by molar-refractivity contribution is 0.0964. The van der Waals surface area contributed by atoms with Crippen molar-refractivity contribution in [2.24, 2.45) is 0 Å². The lowest BCUT2D eigenvalue weighted by Crippen LogP contribution is -2.19. The Labute approximate surface area is 185 Å². The van der Waals surface area contributed by atoms with E-state index in [2.05, 4.69) is 30.6 Å². The Morgan fingerprint density at radius 3 is 2.66 bits per heavy atom. The van der Waals surface area contributed by atoms with Crippen LogP contribution in [0.4, 0.5) is 10.2 Å². The molecule has 0 saturated carbocycles. The van der Waals surface area contributed by atoms with Gasteiger partial charge in [0.2, 0.25) is 0 Å². The fourth-order valence-corrected chi connectivity index (χ4v) is 3.65. The number of rotatable bonds is 6. The Morgan fingerprint density at radius 2 is 1.88 bits per heavy atom. The molecule has 3 aromatic heterocycles. The largest absolute Gasteiger partial charge is 0.369 e. The van der Waals surface area contributed by atoms with E-state index in [1.165, 1.54) is 31.7 Å². The molecule has 0 saturated heterocycles. The van der Waals surface area contributed by atoms with Crippen molar-refractivity contribution in [3.63, 3.8) is 0 Å². The number of benzene rings is 1. The number of anilines is 1. The molecule has 1 atom stereocenters. The van der Waals surface area contributed by atoms with Gasteiger partial charge in [0.15, 0.2) is 0 Å². The molecule has 0 aliphatic heterocycles. The zero-order valence-corrected chi connectivity index (χ0v) is 18.1. The smallest absolute Gasteiger partial charge is 0.251 e. The molecule has 7 nitrogen and oxygen atoms in total. The summed E-state index contributed by atoms with van der Waals surface area (Å²) in [6, 6.07) is 10.4. The normalized spacial score (nSPS) is 11.9. The Bertz CT molecular complexity index is 1290. The average molecular weight is 430 g/mol. The zero-order valence-electron chi connectivity index (χ0n) is 18.1. The molecule has 0 bridgehead atoms. The molecule has 8 heteroatoms. The molecule has 4 rings (SSSR count). The second-order valence-corrected chi connectivity index (χ2v) is 7.55. The average Bonchev–Trinajstić information content (AvgIpc) is 2.82. The topological polar surface area (TPSA) is 92.7 Å². The summed E-state index contributed by atoms with van der Waals surface area (Å²) in [5, 5.41) is 6.11. The van der Waals surface area contributed by atoms with Gasteiger partial charge in [-0.3, -0.25) is 14.8 Å². The summed E-state index contributed by atoms with van der Waals surface area (Å²) in [6.07, 6.45) is 4.80. The van der Waals surface area contributed by atoms with Crippen LogP contribution < -0.4 is 10.6 Å². The number of fused-ring (bicyclic) bond motifs is 1. The lowest BCUT2D eigenvalue weighted by Gasteiger charge is -2.17. The van der Waals surface area contributed by atoms with Crippen LogP contribution in [-0.4, -0.2) is 39.4 Å². The summed E-state index contributed by atoms with van der Waals surface area (Å²) in [4.78, 5) is 29.5. The number of pyridine rings is 2. The minimum Gasteiger partial charge on any atom is -0.369 e. The van der Waals surface area contributed by atoms with E-state index in [9.17, 15) is 9.18 Å². The maximum Gasteiger partial charge on any atom is 0.251 e. The monoisotopic (exact) mass is 430 g/mol. The van der Waals surface area contributed by atoms with Gasteiger partial charge in [-0.15, -0.1) is 0 Å². The zero-order chi connectivity index (χ0) is 22.7. The number of carbonyl (C=O) groups excluding carboxylic acids is 1. The molecule has 162 valence electrons. The molecular weight excluding hydrogens is 407 g/mol. The van der Waals surface area contributed by atoms with Crippen LogP contribution >= 0.6 is 0 Å². The van der Waals surface area contributed by atoms with Crippen molar-refractivity contribution < 1.29 is 9.18 Å². The van der Waals surface area contributed by atoms with Crippen molar-refractivity contribution >= 4 is 22.6 Å². The molecule has 0 spiro atoms. The van der Waals surface area contributed by atoms with Crippen LogP contribution in [0.3, 0.4) is 0 Å². The number of hydrogen-bond donors (Lipinski definition) is 2. The number of nitrogens with zero attached hydrogens (tertiary/aromatic N) is 4. The summed E-state index contributed by atoms with van der Waals surface area (Å²) in [7, 11) is 1.52. The molecule has 32 heavy (non-hydrogen) atoms. The third-order valence-electron chi connectivity index (χ3n) is 5.32. The number of halogens is 1. The van der Waals surface area contributed by atoms with E-state index in [1.54, 1.807) is 12.3 Å². The maximum atomic E-state index is 14.6. The molecule has 0 radical (unpaired) electrons. The van der Waals surface area contributed by atoms with Crippen LogP contribution in [0.25, 0.3) is 22.2 Å². The number of amides is 1. The molecule has 4 aromatic rings. The second-order valence-electron chi connectivity index (χ2n) is 7.55. The molecule has 1 amide bonds. The summed E-state index contributed by atoms with van der Waals surface area (Å²) >= 11 is 0. The minimum atomic E-state index is -0.469. The third kappa shape index (κ3) is 4.25. The minimum absolute atomic E-state index is 0.0212. The van der Waals surface area contributed by atoms with Gasteiger partial charge in [-0.1, -0.05) is 13.0 Å². The molecular formula is C24H23FN6O. The summed E-state index contributed by atoms with van der Waals surface area (Å²) in [5.74, 6) is -0.156. The predicted octanol–water partition coefficient (Wildman–Crippen LogP) is 4.11. The fourth-order valence-electron chi connectivity index (χ4n) is 3.65. The van der Waals surface area contributed by atoms with E-state index in [0.29, 0.717) is 17.9 Å². The van der Waals surface area contributed by atoms with Gasteiger partial charge in [-0.25, -0.2) is 14.4 Å². The van der Waals surface area contributed by atoms with Crippen molar-refractivity contribution in [1.82, 2.24) is 25.3 Å². The third-order valence-corrected chi connectivity index (χ3v) is 5.32. The van der Waals surface area contributed by atoms with Crippen LogP contribution in [0, 0.1) is 12.7 Å². The van der Waals surface area contributed by atoms with Crippen LogP contribution in [-0.2, 0) is 0 Å². The molecule has 3 heterocycles. The van der Waals surface area contributed by atoms with E-state index in [0.717, 1.165) is 22.5 Å². The predicted molar refractivity (Wildman–Crippen MR) is 122 cm³/mol. The van der Waals surface area contributed by atoms with Gasteiger partial charge in [0.05, 0.1) is 16.8 Å². The van der Waals surface area contributed by atoms with E-state index in [4.69, 9.17) is 0 Å². The molecule has 0 fully saturated rings. The number of hydrogen-bond acceptors (Lipinski definition) is 6. The first-order chi connectivity index (χ1) is 15.5. The highest BCUT2D eigenvalue weighted by atomic mass is 19.1. The van der Waals surface area contributed by atoms with Gasteiger partial charge in [-0.05, 0) is 36.8 Å². The van der Waals surface area contributed by atoms with E-state index in [-0.39, 0.29) is 22.8 Å². The Hall–Kier alpha value is -3.94. The summed E-state index contributed by atoms with van der Waals surface area (Å²) in [5.41, 5.74) is 4.27. The van der Waals surface area contributed by atoms with Gasteiger partial charge in [0.1, 0.15) is 18.0 Å². The van der Waals surface area contributed by atoms with Gasteiger partial charge in [0, 0.05) is 54.6 Å². The van der Waals surface area contributed by atoms with E-state index in [1.807, 2.05) is 32.0 Å². The lowest BCUT2D eigenvalue weighted by atomic mass is 9.95. The summed E-state index contributed by atoms with van der Waals surface area (Å²) in [6.45, 7) is 4.49. The van der Waals surface area contributed by atoms with Gasteiger partial charge >= 0.3 is 0 Å². The molecule has 0 aliphatic carbocycles. The number of aromatic nitrogens is 4. The first-order valence-electron chi connectivity index (χ1n) is 10.3. The van der Waals surface area contributed by atoms with Gasteiger partial charge < -0.3 is 10.6 Å². The second kappa shape index (κ2) is 9.05. The SMILES string of the molecule is CNC(=O)c1ccnc2c(C(C)CNc3cc(-c4ccnc(C)c4)ncn3)ccc(F)c12. The van der Waals surface area contributed by atoms with Crippen molar-refractivity contribution in [3.8, 4) is 11.3 Å². The van der Waals surface area contributed by atoms with E-state index < -0.39 is 5.82 Å². The number of carbonyl (C=O) groups is 1. The van der Waals surface area contributed by atoms with Gasteiger partial charge in [-0.2, -0.15) is 0 Å². The van der Waals surface area contributed by atoms with Crippen LogP contribution in [0.2, 0.25) is 0 Å². The van der Waals surface area contributed by atoms with Crippen LogP contribution in [0.5, 0.6) is 0 Å².